The summed E-state index contributed by atoms with van der Waals surface area (Å²) in [5.41, 5.74) is -1.46. The van der Waals surface area contributed by atoms with E-state index in [1.165, 1.54) is 0 Å². The van der Waals surface area contributed by atoms with Crippen LogP contribution in [-0.4, -0.2) is 48.8 Å². The van der Waals surface area contributed by atoms with Crippen LogP contribution < -0.4 is 0 Å². The van der Waals surface area contributed by atoms with Gasteiger partial charge in [0.2, 0.25) is 0 Å². The first-order chi connectivity index (χ1) is 13.1. The van der Waals surface area contributed by atoms with Gasteiger partial charge in [0.15, 0.2) is 0 Å². The fourth-order valence-electron chi connectivity index (χ4n) is 2.72. The molecule has 0 fully saturated rings. The number of hydrogen-bond acceptors (Lipinski definition) is 7. The van der Waals surface area contributed by atoms with Gasteiger partial charge in [-0.15, -0.1) is 0 Å². The van der Waals surface area contributed by atoms with Gasteiger partial charge in [-0.3, -0.25) is 4.79 Å². The van der Waals surface area contributed by atoms with Crippen LogP contribution in [0, 0.1) is 17.3 Å². The van der Waals surface area contributed by atoms with Crippen LogP contribution in [0.3, 0.4) is 0 Å². The highest BCUT2D eigenvalue weighted by molar-refractivity contribution is 5.82. The molecule has 0 bridgehead atoms. The van der Waals surface area contributed by atoms with Crippen molar-refractivity contribution in [2.75, 3.05) is 19.8 Å². The SMILES string of the molecule is C=CC(=O)OCC(C)CC(COC(=O)C=C)(CC(C)COC(=O)C=C)C(=O)O. The molecule has 0 aromatic heterocycles. The molecule has 0 aromatic rings. The van der Waals surface area contributed by atoms with E-state index in [1.54, 1.807) is 13.8 Å². The van der Waals surface area contributed by atoms with Crippen molar-refractivity contribution in [1.29, 1.82) is 0 Å². The van der Waals surface area contributed by atoms with Crippen molar-refractivity contribution in [3.63, 3.8) is 0 Å². The summed E-state index contributed by atoms with van der Waals surface area (Å²) in [7, 11) is 0. The molecule has 0 saturated heterocycles. The summed E-state index contributed by atoms with van der Waals surface area (Å²) in [6.07, 6.45) is 3.10. The number of rotatable bonds is 14. The van der Waals surface area contributed by atoms with Crippen molar-refractivity contribution in [2.24, 2.45) is 17.3 Å². The second-order valence-electron chi connectivity index (χ2n) is 6.68. The highest BCUT2D eigenvalue weighted by atomic mass is 16.5. The molecule has 0 rings (SSSR count). The topological polar surface area (TPSA) is 116 Å². The summed E-state index contributed by atoms with van der Waals surface area (Å²) in [5, 5.41) is 9.89. The Labute approximate surface area is 164 Å². The molecule has 0 saturated carbocycles. The average Bonchev–Trinajstić information content (AvgIpc) is 2.67. The Balaban J connectivity index is 5.34. The van der Waals surface area contributed by atoms with Crippen LogP contribution in [0.25, 0.3) is 0 Å². The molecule has 0 spiro atoms. The lowest BCUT2D eigenvalue weighted by atomic mass is 9.74. The summed E-state index contributed by atoms with van der Waals surface area (Å²) in [4.78, 5) is 46.0. The van der Waals surface area contributed by atoms with Crippen LogP contribution in [0.5, 0.6) is 0 Å². The van der Waals surface area contributed by atoms with Crippen LogP contribution >= 0.6 is 0 Å². The normalized spacial score (nSPS) is 14.5. The molecule has 2 unspecified atom stereocenters. The van der Waals surface area contributed by atoms with Crippen molar-refractivity contribution < 1.29 is 38.5 Å². The maximum Gasteiger partial charge on any atom is 0.330 e. The van der Waals surface area contributed by atoms with Crippen molar-refractivity contribution in [3.05, 3.63) is 38.0 Å². The van der Waals surface area contributed by atoms with Gasteiger partial charge in [0, 0.05) is 18.2 Å². The molecule has 2 atom stereocenters. The largest absolute Gasteiger partial charge is 0.481 e. The van der Waals surface area contributed by atoms with Crippen molar-refractivity contribution in [1.82, 2.24) is 0 Å². The number of hydrogen-bond donors (Lipinski definition) is 1. The van der Waals surface area contributed by atoms with Gasteiger partial charge in [0.1, 0.15) is 12.0 Å². The van der Waals surface area contributed by atoms with E-state index in [9.17, 15) is 24.3 Å². The van der Waals surface area contributed by atoms with Gasteiger partial charge in [-0.25, -0.2) is 14.4 Å². The Morgan fingerprint density at radius 3 is 1.50 bits per heavy atom. The molecule has 1 N–H and O–H groups in total. The van der Waals surface area contributed by atoms with E-state index < -0.39 is 35.9 Å². The molecule has 28 heavy (non-hydrogen) atoms. The highest BCUT2D eigenvalue weighted by Gasteiger charge is 2.42. The quantitative estimate of drug-likeness (QED) is 0.270. The van der Waals surface area contributed by atoms with Crippen LogP contribution in [0.15, 0.2) is 38.0 Å². The third-order valence-corrected chi connectivity index (χ3v) is 3.94. The lowest BCUT2D eigenvalue weighted by Gasteiger charge is -2.33. The minimum absolute atomic E-state index is 0.0187. The number of esters is 3. The predicted octanol–water partition coefficient (Wildman–Crippen LogP) is 2.30. The first-order valence-corrected chi connectivity index (χ1v) is 8.71. The molecule has 156 valence electrons. The summed E-state index contributed by atoms with van der Waals surface area (Å²) in [5.74, 6) is -3.84. The van der Waals surface area contributed by atoms with E-state index >= 15 is 0 Å². The lowest BCUT2D eigenvalue weighted by Crippen LogP contribution is -2.41. The maximum absolute atomic E-state index is 12.1. The van der Waals surface area contributed by atoms with E-state index in [4.69, 9.17) is 14.2 Å². The maximum atomic E-state index is 12.1. The van der Waals surface area contributed by atoms with Gasteiger partial charge in [0.25, 0.3) is 0 Å². The molecule has 0 radical (unpaired) electrons. The third-order valence-electron chi connectivity index (χ3n) is 3.94. The summed E-state index contributed by atoms with van der Waals surface area (Å²) >= 11 is 0. The Morgan fingerprint density at radius 1 is 0.821 bits per heavy atom. The number of carbonyl (C=O) groups is 4. The predicted molar refractivity (Wildman–Crippen MR) is 101 cm³/mol. The lowest BCUT2D eigenvalue weighted by molar-refractivity contribution is -0.161. The smallest absolute Gasteiger partial charge is 0.330 e. The minimum atomic E-state index is -1.46. The fourth-order valence-corrected chi connectivity index (χ4v) is 2.72. The number of aliphatic carboxylic acids is 1. The number of carboxylic acids is 1. The summed E-state index contributed by atoms with van der Waals surface area (Å²) < 4.78 is 15.0. The molecule has 0 aliphatic heterocycles. The Morgan fingerprint density at radius 2 is 1.18 bits per heavy atom. The van der Waals surface area contributed by atoms with Crippen molar-refractivity contribution in [2.45, 2.75) is 26.7 Å². The average molecular weight is 396 g/mol. The van der Waals surface area contributed by atoms with E-state index in [0.29, 0.717) is 0 Å². The van der Waals surface area contributed by atoms with Gasteiger partial charge in [-0.1, -0.05) is 33.6 Å². The van der Waals surface area contributed by atoms with Crippen LogP contribution in [-0.2, 0) is 33.4 Å². The Hall–Kier alpha value is -2.90. The molecule has 0 heterocycles. The van der Waals surface area contributed by atoms with Crippen LogP contribution in [0.2, 0.25) is 0 Å². The first kappa shape index (κ1) is 25.1. The minimum Gasteiger partial charge on any atom is -0.481 e. The fraction of sp³-hybridized carbons (Fsp3) is 0.500. The second-order valence-corrected chi connectivity index (χ2v) is 6.68. The van der Waals surface area contributed by atoms with E-state index in [1.807, 2.05) is 0 Å². The Kier molecular flexibility index (Phi) is 11.2. The second kappa shape index (κ2) is 12.5. The van der Waals surface area contributed by atoms with Crippen LogP contribution in [0.4, 0.5) is 0 Å². The van der Waals surface area contributed by atoms with E-state index in [0.717, 1.165) is 18.2 Å². The summed E-state index contributed by atoms with van der Waals surface area (Å²) in [6, 6.07) is 0. The first-order valence-electron chi connectivity index (χ1n) is 8.71. The molecule has 8 nitrogen and oxygen atoms in total. The third kappa shape index (κ3) is 9.16. The monoisotopic (exact) mass is 396 g/mol. The zero-order valence-corrected chi connectivity index (χ0v) is 16.3. The van der Waals surface area contributed by atoms with Crippen molar-refractivity contribution in [3.8, 4) is 0 Å². The standard InChI is InChI=1S/C20H28O8/c1-6-16(21)26-11-14(4)9-20(19(24)25,13-28-18(23)8-3)10-15(5)12-27-17(22)7-2/h6-8,14-15H,1-3,9-13H2,4-5H3,(H,24,25). The molecule has 0 amide bonds. The Bertz CT molecular complexity index is 575. The number of carboxylic acid groups (broad SMARTS) is 1. The molecular weight excluding hydrogens is 368 g/mol. The summed E-state index contributed by atoms with van der Waals surface area (Å²) in [6.45, 7) is 12.9. The van der Waals surface area contributed by atoms with Gasteiger partial charge in [-0.2, -0.15) is 0 Å². The van der Waals surface area contributed by atoms with Gasteiger partial charge in [0.05, 0.1) is 13.2 Å². The van der Waals surface area contributed by atoms with Gasteiger partial charge >= 0.3 is 23.9 Å². The molecule has 0 aliphatic carbocycles. The zero-order chi connectivity index (χ0) is 21.7. The van der Waals surface area contributed by atoms with Crippen molar-refractivity contribution >= 4 is 23.9 Å². The van der Waals surface area contributed by atoms with Gasteiger partial charge in [-0.05, 0) is 24.7 Å². The van der Waals surface area contributed by atoms with Gasteiger partial charge < -0.3 is 19.3 Å². The van der Waals surface area contributed by atoms with E-state index in [2.05, 4.69) is 19.7 Å². The van der Waals surface area contributed by atoms with E-state index in [-0.39, 0.29) is 37.9 Å². The molecule has 8 heteroatoms. The molecule has 0 aliphatic rings. The van der Waals surface area contributed by atoms with Crippen LogP contribution in [0.1, 0.15) is 26.7 Å². The number of carbonyl (C=O) groups excluding carboxylic acids is 3. The number of ether oxygens (including phenoxy) is 3. The molecule has 0 aromatic carbocycles. The highest BCUT2D eigenvalue weighted by Crippen LogP contribution is 2.35. The zero-order valence-electron chi connectivity index (χ0n) is 16.3. The molecular formula is C20H28O8.